The Bertz CT molecular complexity index is 711. The summed E-state index contributed by atoms with van der Waals surface area (Å²) in [5.74, 6) is -0.0192. The number of benzene rings is 1. The van der Waals surface area contributed by atoms with Crippen LogP contribution < -0.4 is 0 Å². The van der Waals surface area contributed by atoms with Crippen LogP contribution in [0.3, 0.4) is 0 Å². The molecule has 0 radical (unpaired) electrons. The van der Waals surface area contributed by atoms with Crippen molar-refractivity contribution >= 4 is 46.5 Å². The van der Waals surface area contributed by atoms with Crippen molar-refractivity contribution in [3.05, 3.63) is 35.9 Å². The molecule has 0 spiro atoms. The Hall–Kier alpha value is -2.06. The van der Waals surface area contributed by atoms with Gasteiger partial charge >= 0.3 is 0 Å². The van der Waals surface area contributed by atoms with E-state index < -0.39 is 0 Å². The van der Waals surface area contributed by atoms with E-state index in [1.807, 2.05) is 54.0 Å². The third-order valence-corrected chi connectivity index (χ3v) is 5.66. The van der Waals surface area contributed by atoms with Gasteiger partial charge in [0, 0.05) is 13.1 Å². The lowest BCUT2D eigenvalue weighted by atomic mass is 10.1. The molecule has 0 atom stereocenters. The first-order chi connectivity index (χ1) is 13.0. The van der Waals surface area contributed by atoms with Gasteiger partial charge in [-0.25, -0.2) is 0 Å². The second-order valence-corrected chi connectivity index (χ2v) is 7.43. The minimum absolute atomic E-state index is 0.00960. The maximum Gasteiger partial charge on any atom is 0.248 e. The summed E-state index contributed by atoms with van der Waals surface area (Å²) < 4.78 is 0. The average Bonchev–Trinajstić information content (AvgIpc) is 3.09. The minimum Gasteiger partial charge on any atom is -0.315 e. The van der Waals surface area contributed by atoms with Crippen LogP contribution in [-0.4, -0.2) is 67.8 Å². The van der Waals surface area contributed by atoms with Gasteiger partial charge in [0.25, 0.3) is 0 Å². The van der Waals surface area contributed by atoms with Crippen LogP contribution in [-0.2, 0) is 9.59 Å². The van der Waals surface area contributed by atoms with Gasteiger partial charge in [-0.15, -0.1) is 0 Å². The van der Waals surface area contributed by atoms with Gasteiger partial charge in [-0.2, -0.15) is 0 Å². The Morgan fingerprint density at radius 2 is 1.30 bits per heavy atom. The standard InChI is InChI=1S/C19H24N4O2S2/c1-3-10-20-15(24)12-22(18(20)26)17(14-8-6-5-7-9-14)23-13-16(25)21(11-4-2)19(23)27/h5-9,17H,3-4,10-13H2,1-2H3. The lowest BCUT2D eigenvalue weighted by Crippen LogP contribution is -2.45. The highest BCUT2D eigenvalue weighted by molar-refractivity contribution is 7.80. The summed E-state index contributed by atoms with van der Waals surface area (Å²) >= 11 is 11.3. The van der Waals surface area contributed by atoms with E-state index in [-0.39, 0.29) is 31.1 Å². The van der Waals surface area contributed by atoms with E-state index in [0.29, 0.717) is 23.3 Å². The largest absolute Gasteiger partial charge is 0.315 e. The van der Waals surface area contributed by atoms with E-state index in [1.165, 1.54) is 0 Å². The Morgan fingerprint density at radius 1 is 0.852 bits per heavy atom. The molecule has 2 heterocycles. The number of thiocarbonyl (C=S) groups is 2. The third kappa shape index (κ3) is 3.68. The van der Waals surface area contributed by atoms with Crippen LogP contribution >= 0.6 is 24.4 Å². The van der Waals surface area contributed by atoms with Crippen LogP contribution in [0.1, 0.15) is 38.4 Å². The second-order valence-electron chi connectivity index (χ2n) is 6.70. The summed E-state index contributed by atoms with van der Waals surface area (Å²) in [6.45, 7) is 5.62. The molecule has 0 aliphatic carbocycles. The van der Waals surface area contributed by atoms with Gasteiger partial charge in [0.05, 0.1) is 0 Å². The molecule has 8 heteroatoms. The van der Waals surface area contributed by atoms with Crippen molar-refractivity contribution < 1.29 is 9.59 Å². The Morgan fingerprint density at radius 3 is 1.70 bits per heavy atom. The van der Waals surface area contributed by atoms with Crippen molar-refractivity contribution in [3.8, 4) is 0 Å². The smallest absolute Gasteiger partial charge is 0.248 e. The maximum atomic E-state index is 12.5. The fraction of sp³-hybridized carbons (Fsp3) is 0.474. The van der Waals surface area contributed by atoms with Crippen molar-refractivity contribution in [1.29, 1.82) is 0 Å². The molecule has 1 aromatic rings. The fourth-order valence-corrected chi connectivity index (χ4v) is 4.26. The zero-order valence-corrected chi connectivity index (χ0v) is 17.3. The first-order valence-electron chi connectivity index (χ1n) is 9.26. The van der Waals surface area contributed by atoms with Crippen molar-refractivity contribution in [2.24, 2.45) is 0 Å². The Kier molecular flexibility index (Phi) is 6.06. The van der Waals surface area contributed by atoms with Crippen molar-refractivity contribution in [3.63, 3.8) is 0 Å². The summed E-state index contributed by atoms with van der Waals surface area (Å²) in [6, 6.07) is 9.79. The zero-order chi connectivity index (χ0) is 19.6. The predicted molar refractivity (Wildman–Crippen MR) is 112 cm³/mol. The fourth-order valence-electron chi connectivity index (χ4n) is 3.54. The zero-order valence-electron chi connectivity index (χ0n) is 15.6. The minimum atomic E-state index is -0.372. The van der Waals surface area contributed by atoms with Crippen molar-refractivity contribution in [1.82, 2.24) is 19.6 Å². The van der Waals surface area contributed by atoms with E-state index in [4.69, 9.17) is 24.4 Å². The molecule has 2 saturated heterocycles. The first kappa shape index (κ1) is 19.7. The summed E-state index contributed by atoms with van der Waals surface area (Å²) in [4.78, 5) is 32.1. The van der Waals surface area contributed by atoms with Crippen molar-refractivity contribution in [2.75, 3.05) is 26.2 Å². The highest BCUT2D eigenvalue weighted by Gasteiger charge is 2.44. The summed E-state index contributed by atoms with van der Waals surface area (Å²) in [5, 5.41) is 1.000. The lowest BCUT2D eigenvalue weighted by molar-refractivity contribution is -0.125. The molecule has 6 nitrogen and oxygen atoms in total. The van der Waals surface area contributed by atoms with E-state index in [9.17, 15) is 9.59 Å². The molecule has 2 amide bonds. The Balaban J connectivity index is 1.97. The van der Waals surface area contributed by atoms with E-state index in [2.05, 4.69) is 0 Å². The van der Waals surface area contributed by atoms with Crippen LogP contribution in [0.4, 0.5) is 0 Å². The average molecular weight is 405 g/mol. The number of amides is 2. The molecule has 0 unspecified atom stereocenters. The first-order valence-corrected chi connectivity index (χ1v) is 10.1. The molecule has 2 fully saturated rings. The summed E-state index contributed by atoms with van der Waals surface area (Å²) in [5.41, 5.74) is 0.958. The molecule has 0 N–H and O–H groups in total. The van der Waals surface area contributed by atoms with Crippen LogP contribution in [0.15, 0.2) is 30.3 Å². The third-order valence-electron chi connectivity index (χ3n) is 4.75. The molecule has 1 aromatic carbocycles. The van der Waals surface area contributed by atoms with E-state index >= 15 is 0 Å². The maximum absolute atomic E-state index is 12.5. The van der Waals surface area contributed by atoms with E-state index in [0.717, 1.165) is 18.4 Å². The van der Waals surface area contributed by atoms with Gasteiger partial charge in [0.2, 0.25) is 11.8 Å². The summed E-state index contributed by atoms with van der Waals surface area (Å²) in [6.07, 6.45) is 1.30. The lowest BCUT2D eigenvalue weighted by Gasteiger charge is -2.37. The van der Waals surface area contributed by atoms with Gasteiger partial charge in [-0.1, -0.05) is 44.2 Å². The number of hydrogen-bond donors (Lipinski definition) is 0. The molecule has 0 aromatic heterocycles. The van der Waals surface area contributed by atoms with Gasteiger partial charge in [-0.3, -0.25) is 19.4 Å². The highest BCUT2D eigenvalue weighted by atomic mass is 32.1. The molecule has 144 valence electrons. The molecule has 0 saturated carbocycles. The number of rotatable bonds is 7. The van der Waals surface area contributed by atoms with Gasteiger partial charge in [0.15, 0.2) is 10.2 Å². The normalized spacial score (nSPS) is 17.9. The number of carbonyl (C=O) groups is 2. The number of carbonyl (C=O) groups excluding carboxylic acids is 2. The SMILES string of the molecule is CCCN1C(=O)CN(C(c2ccccc2)N2CC(=O)N(CCC)C2=S)C1=S. The van der Waals surface area contributed by atoms with Gasteiger partial charge in [-0.05, 0) is 42.8 Å². The van der Waals surface area contributed by atoms with Crippen molar-refractivity contribution in [2.45, 2.75) is 32.9 Å². The molecule has 3 rings (SSSR count). The summed E-state index contributed by atoms with van der Waals surface area (Å²) in [7, 11) is 0. The quantitative estimate of drug-likeness (QED) is 0.651. The van der Waals surface area contributed by atoms with Crippen LogP contribution in [0.5, 0.6) is 0 Å². The molecule has 2 aliphatic rings. The van der Waals surface area contributed by atoms with Crippen LogP contribution in [0.2, 0.25) is 0 Å². The number of nitrogens with zero attached hydrogens (tertiary/aromatic N) is 4. The highest BCUT2D eigenvalue weighted by Crippen LogP contribution is 2.32. The molecular formula is C19H24N4O2S2. The molecular weight excluding hydrogens is 380 g/mol. The van der Waals surface area contributed by atoms with E-state index in [1.54, 1.807) is 9.80 Å². The molecule has 27 heavy (non-hydrogen) atoms. The second kappa shape index (κ2) is 8.31. The van der Waals surface area contributed by atoms with Gasteiger partial charge < -0.3 is 9.80 Å². The predicted octanol–water partition coefficient (Wildman–Crippen LogP) is 2.36. The monoisotopic (exact) mass is 404 g/mol. The topological polar surface area (TPSA) is 47.1 Å². The van der Waals surface area contributed by atoms with Crippen LogP contribution in [0, 0.1) is 0 Å². The molecule has 0 bridgehead atoms. The number of hydrogen-bond acceptors (Lipinski definition) is 4. The van der Waals surface area contributed by atoms with Gasteiger partial charge in [0.1, 0.15) is 19.3 Å². The van der Waals surface area contributed by atoms with Crippen LogP contribution in [0.25, 0.3) is 0 Å². The Labute approximate surface area is 170 Å². The molecule has 2 aliphatic heterocycles.